The van der Waals surface area contributed by atoms with Gasteiger partial charge in [0.2, 0.25) is 5.91 Å². The van der Waals surface area contributed by atoms with Gasteiger partial charge in [0.15, 0.2) is 0 Å². The van der Waals surface area contributed by atoms with Gasteiger partial charge >= 0.3 is 0 Å². The largest absolute Gasteiger partial charge is 0.337 e. The number of nitrogens with zero attached hydrogens (tertiary/aromatic N) is 4. The molecule has 0 unspecified atom stereocenters. The van der Waals surface area contributed by atoms with E-state index < -0.39 is 0 Å². The second-order valence-electron chi connectivity index (χ2n) is 5.75. The fourth-order valence-electron chi connectivity index (χ4n) is 2.44. The van der Waals surface area contributed by atoms with E-state index in [9.17, 15) is 10.1 Å². The summed E-state index contributed by atoms with van der Waals surface area (Å²) in [5.41, 5.74) is 1.13. The number of aryl methyl sites for hydroxylation is 2. The normalized spacial score (nSPS) is 13.3. The van der Waals surface area contributed by atoms with E-state index in [1.54, 1.807) is 13.8 Å². The van der Waals surface area contributed by atoms with Crippen molar-refractivity contribution in [1.82, 2.24) is 14.9 Å². The van der Waals surface area contributed by atoms with Crippen molar-refractivity contribution in [3.8, 4) is 6.07 Å². The standard InChI is InChI=1S/C17H26N4OS/c1-7-11(3)21(12(4)8-2)16(22)10-23-17-15(9-18)13(5)19-14(6)20-17/h11-12H,7-8,10H2,1-6H3/t11-,12-/m1/s1. The predicted octanol–water partition coefficient (Wildman–Crippen LogP) is 3.48. The van der Waals surface area contributed by atoms with Crippen LogP contribution in [0.3, 0.4) is 0 Å². The number of hydrogen-bond acceptors (Lipinski definition) is 5. The number of nitriles is 1. The molecule has 0 spiro atoms. The fourth-order valence-corrected chi connectivity index (χ4v) is 3.38. The predicted molar refractivity (Wildman–Crippen MR) is 93.3 cm³/mol. The minimum Gasteiger partial charge on any atom is -0.337 e. The van der Waals surface area contributed by atoms with E-state index in [1.165, 1.54) is 11.8 Å². The van der Waals surface area contributed by atoms with Crippen LogP contribution in [0.1, 0.15) is 57.6 Å². The quantitative estimate of drug-likeness (QED) is 0.564. The van der Waals surface area contributed by atoms with Gasteiger partial charge in [0, 0.05) is 12.1 Å². The average molecular weight is 334 g/mol. The lowest BCUT2D eigenvalue weighted by atomic mass is 10.1. The van der Waals surface area contributed by atoms with Gasteiger partial charge in [-0.2, -0.15) is 5.26 Å². The van der Waals surface area contributed by atoms with E-state index in [-0.39, 0.29) is 18.0 Å². The van der Waals surface area contributed by atoms with E-state index in [0.717, 1.165) is 12.8 Å². The molecule has 1 rings (SSSR count). The second-order valence-corrected chi connectivity index (χ2v) is 6.72. The molecule has 0 radical (unpaired) electrons. The molecule has 0 aliphatic rings. The van der Waals surface area contributed by atoms with Crippen LogP contribution in [-0.4, -0.2) is 38.6 Å². The molecule has 0 aliphatic carbocycles. The number of carbonyl (C=O) groups excluding carboxylic acids is 1. The van der Waals surface area contributed by atoms with Crippen molar-refractivity contribution in [1.29, 1.82) is 5.26 Å². The molecule has 0 aromatic carbocycles. The van der Waals surface area contributed by atoms with Gasteiger partial charge in [-0.15, -0.1) is 0 Å². The Bertz CT molecular complexity index is 587. The number of aromatic nitrogens is 2. The maximum atomic E-state index is 12.7. The number of amides is 1. The second kappa shape index (κ2) is 8.88. The minimum absolute atomic E-state index is 0.0940. The molecule has 1 aromatic heterocycles. The highest BCUT2D eigenvalue weighted by Crippen LogP contribution is 2.23. The Morgan fingerprint density at radius 2 is 1.78 bits per heavy atom. The lowest BCUT2D eigenvalue weighted by Gasteiger charge is -2.34. The van der Waals surface area contributed by atoms with Gasteiger partial charge in [-0.05, 0) is 40.5 Å². The topological polar surface area (TPSA) is 69.9 Å². The van der Waals surface area contributed by atoms with Gasteiger partial charge in [0.05, 0.1) is 11.4 Å². The molecule has 1 heterocycles. The van der Waals surface area contributed by atoms with Crippen LogP contribution in [0.5, 0.6) is 0 Å². The number of carbonyl (C=O) groups is 1. The van der Waals surface area contributed by atoms with Crippen molar-refractivity contribution in [3.05, 3.63) is 17.1 Å². The van der Waals surface area contributed by atoms with E-state index in [0.29, 0.717) is 27.9 Å². The molecule has 5 nitrogen and oxygen atoms in total. The van der Waals surface area contributed by atoms with Crippen LogP contribution < -0.4 is 0 Å². The van der Waals surface area contributed by atoms with Crippen LogP contribution >= 0.6 is 11.8 Å². The van der Waals surface area contributed by atoms with Crippen molar-refractivity contribution in [3.63, 3.8) is 0 Å². The van der Waals surface area contributed by atoms with Crippen LogP contribution in [0.25, 0.3) is 0 Å². The van der Waals surface area contributed by atoms with E-state index in [4.69, 9.17) is 0 Å². The summed E-state index contributed by atoms with van der Waals surface area (Å²) in [6.07, 6.45) is 1.85. The molecule has 126 valence electrons. The first kappa shape index (κ1) is 19.4. The van der Waals surface area contributed by atoms with Gasteiger partial charge in [-0.1, -0.05) is 25.6 Å². The van der Waals surface area contributed by atoms with Gasteiger partial charge in [-0.25, -0.2) is 9.97 Å². The summed E-state index contributed by atoms with van der Waals surface area (Å²) in [4.78, 5) is 23.2. The molecule has 2 atom stereocenters. The summed E-state index contributed by atoms with van der Waals surface area (Å²) in [6.45, 7) is 11.9. The maximum Gasteiger partial charge on any atom is 0.233 e. The Balaban J connectivity index is 2.92. The van der Waals surface area contributed by atoms with Crippen molar-refractivity contribution in [2.24, 2.45) is 0 Å². The van der Waals surface area contributed by atoms with E-state index in [2.05, 4.69) is 43.7 Å². The maximum absolute atomic E-state index is 12.7. The highest BCUT2D eigenvalue weighted by molar-refractivity contribution is 8.00. The molecule has 23 heavy (non-hydrogen) atoms. The average Bonchev–Trinajstić information content (AvgIpc) is 2.52. The zero-order chi connectivity index (χ0) is 17.6. The minimum atomic E-state index is 0.0940. The smallest absolute Gasteiger partial charge is 0.233 e. The Labute approximate surface area is 143 Å². The number of hydrogen-bond donors (Lipinski definition) is 0. The van der Waals surface area contributed by atoms with Crippen molar-refractivity contribution in [2.75, 3.05) is 5.75 Å². The molecule has 0 saturated carbocycles. The van der Waals surface area contributed by atoms with Crippen molar-refractivity contribution < 1.29 is 4.79 Å². The SMILES string of the molecule is CC[C@@H](C)N(C(=O)CSc1nc(C)nc(C)c1C#N)[C@H](C)CC. The Morgan fingerprint density at radius 1 is 1.22 bits per heavy atom. The van der Waals surface area contributed by atoms with Gasteiger partial charge in [0.25, 0.3) is 0 Å². The fraction of sp³-hybridized carbons (Fsp3) is 0.647. The van der Waals surface area contributed by atoms with Gasteiger partial charge < -0.3 is 4.90 Å². The molecule has 0 aliphatic heterocycles. The number of rotatable bonds is 7. The molecule has 0 fully saturated rings. The molecule has 1 aromatic rings. The van der Waals surface area contributed by atoms with Crippen LogP contribution in [0.2, 0.25) is 0 Å². The lowest BCUT2D eigenvalue weighted by Crippen LogP contribution is -2.45. The zero-order valence-corrected chi connectivity index (χ0v) is 15.7. The summed E-state index contributed by atoms with van der Waals surface area (Å²) in [6, 6.07) is 2.56. The van der Waals surface area contributed by atoms with E-state index in [1.807, 2.05) is 4.90 Å². The molecule has 6 heteroatoms. The summed E-state index contributed by atoms with van der Waals surface area (Å²) in [5, 5.41) is 9.87. The van der Waals surface area contributed by atoms with Crippen LogP contribution in [-0.2, 0) is 4.79 Å². The molecular formula is C17H26N4OS. The number of thioether (sulfide) groups is 1. The van der Waals surface area contributed by atoms with Crippen LogP contribution in [0.15, 0.2) is 5.03 Å². The zero-order valence-electron chi connectivity index (χ0n) is 14.9. The highest BCUT2D eigenvalue weighted by Gasteiger charge is 2.24. The summed E-state index contributed by atoms with van der Waals surface area (Å²) in [5.74, 6) is 1.01. The van der Waals surface area contributed by atoms with Crippen LogP contribution in [0.4, 0.5) is 0 Å². The first-order valence-corrected chi connectivity index (χ1v) is 9.03. The summed E-state index contributed by atoms with van der Waals surface area (Å²) < 4.78 is 0. The van der Waals surface area contributed by atoms with Gasteiger partial charge in [-0.3, -0.25) is 4.79 Å². The third-order valence-electron chi connectivity index (χ3n) is 4.03. The van der Waals surface area contributed by atoms with Crippen LogP contribution in [0, 0.1) is 25.2 Å². The summed E-state index contributed by atoms with van der Waals surface area (Å²) >= 11 is 1.33. The first-order chi connectivity index (χ1) is 10.8. The molecule has 0 N–H and O–H groups in total. The monoisotopic (exact) mass is 334 g/mol. The molecular weight excluding hydrogens is 308 g/mol. The summed E-state index contributed by atoms with van der Waals surface area (Å²) in [7, 11) is 0. The van der Waals surface area contributed by atoms with Gasteiger partial charge in [0.1, 0.15) is 22.5 Å². The van der Waals surface area contributed by atoms with Crippen molar-refractivity contribution >= 4 is 17.7 Å². The third-order valence-corrected chi connectivity index (χ3v) is 4.99. The lowest BCUT2D eigenvalue weighted by molar-refractivity contribution is -0.132. The Kier molecular flexibility index (Phi) is 7.50. The van der Waals surface area contributed by atoms with E-state index >= 15 is 0 Å². The Morgan fingerprint density at radius 3 is 2.26 bits per heavy atom. The highest BCUT2D eigenvalue weighted by atomic mass is 32.2. The third kappa shape index (κ3) is 4.93. The first-order valence-electron chi connectivity index (χ1n) is 8.04. The molecule has 0 saturated heterocycles. The molecule has 0 bridgehead atoms. The molecule has 1 amide bonds. The van der Waals surface area contributed by atoms with Crippen molar-refractivity contribution in [2.45, 2.75) is 71.5 Å². The Hall–Kier alpha value is -1.61.